The summed E-state index contributed by atoms with van der Waals surface area (Å²) in [4.78, 5) is 5.22. The minimum absolute atomic E-state index is 0.657. The van der Waals surface area contributed by atoms with Gasteiger partial charge in [-0.25, -0.2) is 0 Å². The molecule has 108 valence electrons. The van der Waals surface area contributed by atoms with E-state index in [-0.39, 0.29) is 0 Å². The number of hydrogen-bond acceptors (Lipinski definition) is 3. The van der Waals surface area contributed by atoms with E-state index in [2.05, 4.69) is 49.9 Å². The predicted octanol–water partition coefficient (Wildman–Crippen LogP) is 2.04. The van der Waals surface area contributed by atoms with Crippen LogP contribution in [0, 0.1) is 5.92 Å². The van der Waals surface area contributed by atoms with Crippen LogP contribution >= 0.6 is 0 Å². The average molecular weight is 255 g/mol. The molecule has 1 rings (SSSR count). The highest BCUT2D eigenvalue weighted by molar-refractivity contribution is 4.84. The smallest absolute Gasteiger partial charge is 0.0241 e. The molecular weight excluding hydrogens is 222 g/mol. The maximum atomic E-state index is 3.51. The summed E-state index contributed by atoms with van der Waals surface area (Å²) in [6.45, 7) is 15.1. The number of likely N-dealkylation sites (N-methyl/N-ethyl adjacent to an activating group) is 3. The molecule has 0 saturated carbocycles. The Balaban J connectivity index is 2.47. The second-order valence-corrected chi connectivity index (χ2v) is 5.98. The van der Waals surface area contributed by atoms with Gasteiger partial charge in [-0.15, -0.1) is 0 Å². The Morgan fingerprint density at radius 3 is 2.61 bits per heavy atom. The summed E-state index contributed by atoms with van der Waals surface area (Å²) < 4.78 is 0. The third-order valence-corrected chi connectivity index (χ3v) is 4.34. The first kappa shape index (κ1) is 15.9. The molecule has 0 aliphatic carbocycles. The molecule has 18 heavy (non-hydrogen) atoms. The zero-order valence-corrected chi connectivity index (χ0v) is 13.1. The first-order valence-electron chi connectivity index (χ1n) is 7.75. The van der Waals surface area contributed by atoms with Gasteiger partial charge in [-0.1, -0.05) is 27.7 Å². The Kier molecular flexibility index (Phi) is 7.20. The lowest BCUT2D eigenvalue weighted by molar-refractivity contribution is 0.136. The summed E-state index contributed by atoms with van der Waals surface area (Å²) >= 11 is 0. The minimum atomic E-state index is 0.657. The van der Waals surface area contributed by atoms with E-state index >= 15 is 0 Å². The Morgan fingerprint density at radius 1 is 1.33 bits per heavy atom. The first-order valence-corrected chi connectivity index (χ1v) is 7.75. The average Bonchev–Trinajstić information content (AvgIpc) is 2.76. The van der Waals surface area contributed by atoms with Crippen LogP contribution in [0.3, 0.4) is 0 Å². The van der Waals surface area contributed by atoms with E-state index in [1.165, 1.54) is 32.5 Å². The fourth-order valence-corrected chi connectivity index (χ4v) is 3.18. The summed E-state index contributed by atoms with van der Waals surface area (Å²) in [7, 11) is 2.30. The first-order chi connectivity index (χ1) is 8.60. The van der Waals surface area contributed by atoms with Crippen molar-refractivity contribution in [2.24, 2.45) is 5.92 Å². The third-order valence-electron chi connectivity index (χ3n) is 4.34. The van der Waals surface area contributed by atoms with Crippen LogP contribution in [-0.2, 0) is 0 Å². The van der Waals surface area contributed by atoms with E-state index in [1.807, 2.05) is 0 Å². The molecule has 1 saturated heterocycles. The molecule has 0 spiro atoms. The topological polar surface area (TPSA) is 18.5 Å². The lowest BCUT2D eigenvalue weighted by atomic mass is 10.0. The molecule has 1 aliphatic heterocycles. The molecule has 0 bridgehead atoms. The van der Waals surface area contributed by atoms with Gasteiger partial charge in [0, 0.05) is 25.2 Å². The van der Waals surface area contributed by atoms with Crippen LogP contribution < -0.4 is 5.32 Å². The van der Waals surface area contributed by atoms with Crippen molar-refractivity contribution in [1.29, 1.82) is 0 Å². The molecular formula is C15H33N3. The van der Waals surface area contributed by atoms with Crippen LogP contribution in [-0.4, -0.2) is 61.7 Å². The Morgan fingerprint density at radius 2 is 2.06 bits per heavy atom. The van der Waals surface area contributed by atoms with Gasteiger partial charge >= 0.3 is 0 Å². The third kappa shape index (κ3) is 4.52. The van der Waals surface area contributed by atoms with Crippen molar-refractivity contribution in [3.05, 3.63) is 0 Å². The molecule has 2 atom stereocenters. The number of nitrogens with one attached hydrogen (secondary N) is 1. The number of hydrogen-bond donors (Lipinski definition) is 1. The van der Waals surface area contributed by atoms with Crippen molar-refractivity contribution in [1.82, 2.24) is 15.1 Å². The van der Waals surface area contributed by atoms with Gasteiger partial charge in [0.25, 0.3) is 0 Å². The fourth-order valence-electron chi connectivity index (χ4n) is 3.18. The van der Waals surface area contributed by atoms with E-state index in [0.29, 0.717) is 12.0 Å². The highest BCUT2D eigenvalue weighted by Gasteiger charge is 2.27. The van der Waals surface area contributed by atoms with Crippen molar-refractivity contribution >= 4 is 0 Å². The number of nitrogens with zero attached hydrogens (tertiary/aromatic N) is 2. The standard InChI is InChI=1S/C15H33N3/c1-6-16-11-15(13(3)4)17(5)12-14-9-8-10-18(14)7-2/h13-16H,6-12H2,1-5H3. The van der Waals surface area contributed by atoms with E-state index in [1.54, 1.807) is 0 Å². The van der Waals surface area contributed by atoms with Crippen LogP contribution in [0.5, 0.6) is 0 Å². The fraction of sp³-hybridized carbons (Fsp3) is 1.00. The molecule has 0 radical (unpaired) electrons. The van der Waals surface area contributed by atoms with Gasteiger partial charge in [0.1, 0.15) is 0 Å². The van der Waals surface area contributed by atoms with Crippen LogP contribution in [0.25, 0.3) is 0 Å². The largest absolute Gasteiger partial charge is 0.315 e. The summed E-state index contributed by atoms with van der Waals surface area (Å²) in [5.41, 5.74) is 0. The molecule has 3 nitrogen and oxygen atoms in total. The highest BCUT2D eigenvalue weighted by Crippen LogP contribution is 2.19. The zero-order chi connectivity index (χ0) is 13.5. The summed E-state index contributed by atoms with van der Waals surface area (Å²) in [6.07, 6.45) is 2.76. The summed E-state index contributed by atoms with van der Waals surface area (Å²) in [5, 5.41) is 3.51. The van der Waals surface area contributed by atoms with Crippen molar-refractivity contribution in [2.75, 3.05) is 39.8 Å². The van der Waals surface area contributed by atoms with E-state index in [0.717, 1.165) is 19.1 Å². The summed E-state index contributed by atoms with van der Waals surface area (Å²) in [6, 6.07) is 1.44. The maximum absolute atomic E-state index is 3.51. The molecule has 0 aromatic carbocycles. The SMILES string of the molecule is CCNCC(C(C)C)N(C)CC1CCCN1CC. The van der Waals surface area contributed by atoms with E-state index < -0.39 is 0 Å². The zero-order valence-electron chi connectivity index (χ0n) is 13.1. The Hall–Kier alpha value is -0.120. The Labute approximate surface area is 114 Å². The van der Waals surface area contributed by atoms with E-state index in [9.17, 15) is 0 Å². The maximum Gasteiger partial charge on any atom is 0.0241 e. The quantitative estimate of drug-likeness (QED) is 0.716. The van der Waals surface area contributed by atoms with Crippen LogP contribution in [0.4, 0.5) is 0 Å². The predicted molar refractivity (Wildman–Crippen MR) is 80.1 cm³/mol. The highest BCUT2D eigenvalue weighted by atomic mass is 15.2. The van der Waals surface area contributed by atoms with E-state index in [4.69, 9.17) is 0 Å². The van der Waals surface area contributed by atoms with Gasteiger partial charge in [-0.2, -0.15) is 0 Å². The van der Waals surface area contributed by atoms with Gasteiger partial charge in [0.15, 0.2) is 0 Å². The molecule has 1 aliphatic rings. The molecule has 1 fully saturated rings. The molecule has 0 aromatic heterocycles. The second kappa shape index (κ2) is 8.13. The number of rotatable bonds is 8. The molecule has 0 aromatic rings. The monoisotopic (exact) mass is 255 g/mol. The van der Waals surface area contributed by atoms with Gasteiger partial charge in [0.2, 0.25) is 0 Å². The molecule has 3 heteroatoms. The van der Waals surface area contributed by atoms with Crippen LogP contribution in [0.2, 0.25) is 0 Å². The minimum Gasteiger partial charge on any atom is -0.315 e. The molecule has 2 unspecified atom stereocenters. The summed E-state index contributed by atoms with van der Waals surface area (Å²) in [5.74, 6) is 0.713. The van der Waals surface area contributed by atoms with Crippen molar-refractivity contribution < 1.29 is 0 Å². The normalized spacial score (nSPS) is 23.2. The lowest BCUT2D eigenvalue weighted by Crippen LogP contribution is -2.48. The lowest BCUT2D eigenvalue weighted by Gasteiger charge is -2.35. The molecule has 1 heterocycles. The molecule has 1 N–H and O–H groups in total. The second-order valence-electron chi connectivity index (χ2n) is 5.98. The van der Waals surface area contributed by atoms with Gasteiger partial charge in [0.05, 0.1) is 0 Å². The van der Waals surface area contributed by atoms with Crippen molar-refractivity contribution in [2.45, 2.75) is 52.6 Å². The number of likely N-dealkylation sites (tertiary alicyclic amines) is 1. The molecule has 0 amide bonds. The van der Waals surface area contributed by atoms with Crippen LogP contribution in [0.15, 0.2) is 0 Å². The van der Waals surface area contributed by atoms with Crippen molar-refractivity contribution in [3.63, 3.8) is 0 Å². The van der Waals surface area contributed by atoms with Gasteiger partial charge < -0.3 is 10.2 Å². The van der Waals surface area contributed by atoms with Gasteiger partial charge in [-0.05, 0) is 45.4 Å². The van der Waals surface area contributed by atoms with Gasteiger partial charge in [-0.3, -0.25) is 4.90 Å². The van der Waals surface area contributed by atoms with Crippen LogP contribution in [0.1, 0.15) is 40.5 Å². The Bertz CT molecular complexity index is 218. The van der Waals surface area contributed by atoms with Crippen molar-refractivity contribution in [3.8, 4) is 0 Å².